The summed E-state index contributed by atoms with van der Waals surface area (Å²) in [6.45, 7) is 0.964. The van der Waals surface area contributed by atoms with Gasteiger partial charge in [0.05, 0.1) is 0 Å². The Morgan fingerprint density at radius 3 is 2.29 bits per heavy atom. The Bertz CT molecular complexity index is 643. The van der Waals surface area contributed by atoms with Crippen LogP contribution in [0.4, 0.5) is 4.79 Å². The number of hydrogen-bond acceptors (Lipinski definition) is 4. The predicted octanol–water partition coefficient (Wildman–Crippen LogP) is 1.59. The number of ether oxygens (including phenoxy) is 2. The Morgan fingerprint density at radius 2 is 1.62 bits per heavy atom. The van der Waals surface area contributed by atoms with Crippen LogP contribution in [0.5, 0.6) is 11.5 Å². The third-order valence-electron chi connectivity index (χ3n) is 4.65. The zero-order chi connectivity index (χ0) is 16.5. The minimum Gasteiger partial charge on any atom is -0.486 e. The summed E-state index contributed by atoms with van der Waals surface area (Å²) in [5.74, 6) is 1.99. The molecule has 1 aromatic rings. The van der Waals surface area contributed by atoms with Crippen molar-refractivity contribution in [2.24, 2.45) is 11.8 Å². The van der Waals surface area contributed by atoms with Gasteiger partial charge in [-0.15, -0.1) is 0 Å². The number of benzene rings is 1. The van der Waals surface area contributed by atoms with E-state index in [1.54, 1.807) is 18.2 Å². The fourth-order valence-corrected chi connectivity index (χ4v) is 3.09. The molecule has 0 unspecified atom stereocenters. The quantitative estimate of drug-likeness (QED) is 0.731. The average molecular weight is 331 g/mol. The lowest BCUT2D eigenvalue weighted by atomic mass is 10.1. The van der Waals surface area contributed by atoms with Crippen LogP contribution in [0.1, 0.15) is 36.0 Å². The summed E-state index contributed by atoms with van der Waals surface area (Å²) >= 11 is 0. The second-order valence-electron chi connectivity index (χ2n) is 6.61. The van der Waals surface area contributed by atoms with Gasteiger partial charge in [0.15, 0.2) is 11.5 Å². The van der Waals surface area contributed by atoms with Gasteiger partial charge in [-0.1, -0.05) is 0 Å². The zero-order valence-corrected chi connectivity index (χ0v) is 13.3. The number of rotatable bonds is 4. The van der Waals surface area contributed by atoms with Crippen LogP contribution < -0.4 is 25.6 Å². The monoisotopic (exact) mass is 331 g/mol. The number of nitrogens with one attached hydrogen (secondary N) is 3. The predicted molar refractivity (Wildman–Crippen MR) is 85.8 cm³/mol. The van der Waals surface area contributed by atoms with Gasteiger partial charge < -0.3 is 14.8 Å². The Labute approximate surface area is 140 Å². The summed E-state index contributed by atoms with van der Waals surface area (Å²) < 4.78 is 10.9. The van der Waals surface area contributed by atoms with Crippen LogP contribution in [0, 0.1) is 11.8 Å². The lowest BCUT2D eigenvalue weighted by Gasteiger charge is -2.19. The molecule has 0 spiro atoms. The summed E-state index contributed by atoms with van der Waals surface area (Å²) in [5, 5.41) is 2.99. The molecule has 7 heteroatoms. The average Bonchev–Trinajstić information content (AvgIpc) is 3.49. The first-order chi connectivity index (χ1) is 11.7. The molecule has 1 aliphatic heterocycles. The number of carbonyl (C=O) groups is 2. The van der Waals surface area contributed by atoms with Gasteiger partial charge in [0.2, 0.25) is 0 Å². The van der Waals surface area contributed by atoms with Crippen LogP contribution in [0.2, 0.25) is 0 Å². The van der Waals surface area contributed by atoms with Crippen LogP contribution >= 0.6 is 0 Å². The van der Waals surface area contributed by atoms with Crippen molar-refractivity contribution in [3.63, 3.8) is 0 Å². The molecule has 0 aromatic heterocycles. The number of urea groups is 1. The molecule has 1 heterocycles. The maximum Gasteiger partial charge on any atom is 0.333 e. The molecule has 2 fully saturated rings. The molecule has 0 atom stereocenters. The van der Waals surface area contributed by atoms with Gasteiger partial charge in [0, 0.05) is 11.6 Å². The molecule has 24 heavy (non-hydrogen) atoms. The second-order valence-corrected chi connectivity index (χ2v) is 6.61. The highest BCUT2D eigenvalue weighted by atomic mass is 16.6. The molecule has 3 N–H and O–H groups in total. The van der Waals surface area contributed by atoms with Crippen molar-refractivity contribution in [3.8, 4) is 11.5 Å². The van der Waals surface area contributed by atoms with Crippen molar-refractivity contribution in [2.45, 2.75) is 31.7 Å². The summed E-state index contributed by atoms with van der Waals surface area (Å²) in [4.78, 5) is 24.2. The lowest BCUT2D eigenvalue weighted by Crippen LogP contribution is -2.51. The number of hydrogen-bond donors (Lipinski definition) is 3. The Balaban J connectivity index is 1.30. The molecule has 3 aliphatic rings. The maximum absolute atomic E-state index is 12.2. The van der Waals surface area contributed by atoms with Gasteiger partial charge in [-0.05, 0) is 55.7 Å². The molecule has 2 aliphatic carbocycles. The first-order valence-electron chi connectivity index (χ1n) is 8.47. The van der Waals surface area contributed by atoms with Crippen molar-refractivity contribution in [1.82, 2.24) is 16.2 Å². The van der Waals surface area contributed by atoms with Crippen LogP contribution in [-0.4, -0.2) is 31.2 Å². The van der Waals surface area contributed by atoms with Gasteiger partial charge >= 0.3 is 6.03 Å². The fourth-order valence-electron chi connectivity index (χ4n) is 3.09. The van der Waals surface area contributed by atoms with E-state index in [2.05, 4.69) is 16.2 Å². The first kappa shape index (κ1) is 15.1. The van der Waals surface area contributed by atoms with E-state index in [0.717, 1.165) is 0 Å². The summed E-state index contributed by atoms with van der Waals surface area (Å²) in [6, 6.07) is 4.83. The SMILES string of the molecule is O=C(NNC(=O)c1ccc2c(c1)OCCO2)NC(C1CC1)C1CC1. The van der Waals surface area contributed by atoms with E-state index >= 15 is 0 Å². The van der Waals surface area contributed by atoms with E-state index in [9.17, 15) is 9.59 Å². The van der Waals surface area contributed by atoms with Crippen LogP contribution in [0.3, 0.4) is 0 Å². The smallest absolute Gasteiger partial charge is 0.333 e. The van der Waals surface area contributed by atoms with E-state index in [0.29, 0.717) is 42.1 Å². The highest BCUT2D eigenvalue weighted by Gasteiger charge is 2.42. The highest BCUT2D eigenvalue weighted by Crippen LogP contribution is 2.44. The Hall–Kier alpha value is -2.44. The van der Waals surface area contributed by atoms with Crippen molar-refractivity contribution in [1.29, 1.82) is 0 Å². The third kappa shape index (κ3) is 3.39. The van der Waals surface area contributed by atoms with Crippen LogP contribution in [0.25, 0.3) is 0 Å². The van der Waals surface area contributed by atoms with Gasteiger partial charge in [-0.3, -0.25) is 10.2 Å². The molecule has 4 rings (SSSR count). The first-order valence-corrected chi connectivity index (χ1v) is 8.47. The van der Waals surface area contributed by atoms with E-state index in [1.165, 1.54) is 25.7 Å². The van der Waals surface area contributed by atoms with Crippen molar-refractivity contribution >= 4 is 11.9 Å². The second kappa shape index (κ2) is 6.22. The minimum atomic E-state index is -0.392. The lowest BCUT2D eigenvalue weighted by molar-refractivity contribution is 0.0934. The van der Waals surface area contributed by atoms with E-state index in [1.807, 2.05) is 0 Å². The molecule has 3 amide bonds. The van der Waals surface area contributed by atoms with E-state index in [-0.39, 0.29) is 12.1 Å². The topological polar surface area (TPSA) is 88.7 Å². The molecule has 0 saturated heterocycles. The molecule has 1 aromatic carbocycles. The van der Waals surface area contributed by atoms with Crippen molar-refractivity contribution in [2.75, 3.05) is 13.2 Å². The minimum absolute atomic E-state index is 0.246. The largest absolute Gasteiger partial charge is 0.486 e. The molecule has 2 saturated carbocycles. The maximum atomic E-state index is 12.2. The number of fused-ring (bicyclic) bond motifs is 1. The molecular weight excluding hydrogens is 310 g/mol. The van der Waals surface area contributed by atoms with Gasteiger partial charge in [0.25, 0.3) is 5.91 Å². The number of amides is 3. The van der Waals surface area contributed by atoms with Gasteiger partial charge in [-0.25, -0.2) is 10.2 Å². The molecule has 128 valence electrons. The van der Waals surface area contributed by atoms with Crippen molar-refractivity contribution in [3.05, 3.63) is 23.8 Å². The standard InChI is InChI=1S/C17H21N3O4/c21-16(12-5-6-13-14(9-12)24-8-7-23-13)19-20-17(22)18-15(10-1-2-10)11-3-4-11/h5-6,9-11,15H,1-4,7-8H2,(H,19,21)(H2,18,20,22). The number of carbonyl (C=O) groups excluding carboxylic acids is 2. The molecular formula is C17H21N3O4. The highest BCUT2D eigenvalue weighted by molar-refractivity contribution is 5.95. The normalized spacial score (nSPS) is 18.9. The van der Waals surface area contributed by atoms with E-state index < -0.39 is 5.91 Å². The van der Waals surface area contributed by atoms with E-state index in [4.69, 9.17) is 9.47 Å². The molecule has 7 nitrogen and oxygen atoms in total. The van der Waals surface area contributed by atoms with Gasteiger partial charge in [-0.2, -0.15) is 0 Å². The Morgan fingerprint density at radius 1 is 0.958 bits per heavy atom. The number of hydrazine groups is 1. The summed E-state index contributed by atoms with van der Waals surface area (Å²) in [6.07, 6.45) is 4.74. The molecule has 0 radical (unpaired) electrons. The Kier molecular flexibility index (Phi) is 3.92. The zero-order valence-electron chi connectivity index (χ0n) is 13.3. The summed E-state index contributed by atoms with van der Waals surface area (Å²) in [7, 11) is 0. The van der Waals surface area contributed by atoms with Crippen LogP contribution in [0.15, 0.2) is 18.2 Å². The van der Waals surface area contributed by atoms with Crippen molar-refractivity contribution < 1.29 is 19.1 Å². The van der Waals surface area contributed by atoms with Crippen LogP contribution in [-0.2, 0) is 0 Å². The fraction of sp³-hybridized carbons (Fsp3) is 0.529. The summed E-state index contributed by atoms with van der Waals surface area (Å²) in [5.41, 5.74) is 5.27. The third-order valence-corrected chi connectivity index (χ3v) is 4.65. The van der Waals surface area contributed by atoms with Gasteiger partial charge in [0.1, 0.15) is 13.2 Å². The molecule has 0 bridgehead atoms.